The van der Waals surface area contributed by atoms with E-state index in [9.17, 15) is 57.3 Å². The number of halogens is 6. The topological polar surface area (TPSA) is 355 Å². The number of carbonyl (C=O) groups excluding carboxylic acids is 3. The van der Waals surface area contributed by atoms with Crippen LogP contribution in [0.2, 0.25) is 15.1 Å². The number of rotatable bonds is 28. The molecule has 0 spiro atoms. The standard InChI is InChI=1S/C29H37ClFN5O5.C27H33ClFN5O5.C26H31ClFN5O5/c1-6-40-29(39)23-21(15-36-11-12-41-25(16(2)3)22(36)13-17(4)28(37)38)33-26(27-32-9-10-35(27)5)34-24(23)19-8-7-18(31)14-20(19)30;1-5-38-27(37)22-20(14-34-10-11-39-16(3)21(34)12-15(2)26(35)36)31-24(25-30-8-9-33(25)4)32-23(22)18-7-6-17(29)13-19(18)28;1-4-37-26(36)22-19(14-33-11-12-38-15(2)20(33)7-8-21(34)35)30-24(25-29-9-10-32(25)3)31-23(22)17-6-5-16(28)13-18(17)27/h7-10,14,16-17,22,24-25H,6,11-13,15H2,1-5H3,(H,33,34)(H,37,38);6-9,13,15-16,21,23H,5,10-12,14H2,1-4H3,(H,31,32)(H,35,36);5-6,9-10,13,15,20,23H,4,7-8,11-12,14H2,1-3H3,(H,30,31)(H,34,35)/t17?,22-,24+,25-;15?,16-,21-,23+;15-,20-,23+/m111/s1. The summed E-state index contributed by atoms with van der Waals surface area (Å²) in [5, 5.41) is 38.8. The molecule has 118 heavy (non-hydrogen) atoms. The predicted octanol–water partition coefficient (Wildman–Crippen LogP) is 10.4. The first kappa shape index (κ1) is 90.5. The van der Waals surface area contributed by atoms with Gasteiger partial charge < -0.3 is 73.4 Å². The maximum absolute atomic E-state index is 14.0. The molecule has 0 radical (unpaired) electrons. The first-order valence-corrected chi connectivity index (χ1v) is 40.2. The number of aliphatic imine (C=N–C) groups is 3. The van der Waals surface area contributed by atoms with Gasteiger partial charge in [-0.05, 0) is 96.2 Å². The summed E-state index contributed by atoms with van der Waals surface area (Å²) >= 11 is 19.4. The number of ether oxygens (including phenoxy) is 6. The summed E-state index contributed by atoms with van der Waals surface area (Å²) < 4.78 is 81.4. The molecular formula is C82H101Cl3F3N15O15. The molecule has 3 fully saturated rings. The Morgan fingerprint density at radius 2 is 0.822 bits per heavy atom. The summed E-state index contributed by atoms with van der Waals surface area (Å²) in [4.78, 5) is 109. The molecule has 0 aliphatic carbocycles. The fraction of sp³-hybridized carbons (Fsp3) is 0.488. The van der Waals surface area contributed by atoms with Gasteiger partial charge in [0.15, 0.2) is 35.0 Å². The number of hydrogen-bond donors (Lipinski definition) is 6. The molecule has 3 aromatic carbocycles. The number of carbonyl (C=O) groups is 6. The largest absolute Gasteiger partial charge is 0.481 e. The minimum Gasteiger partial charge on any atom is -0.481 e. The number of carboxylic acid groups (broad SMARTS) is 3. The first-order valence-electron chi connectivity index (χ1n) is 39.1. The molecule has 6 N–H and O–H groups in total. The zero-order valence-electron chi connectivity index (χ0n) is 67.8. The fourth-order valence-electron chi connectivity index (χ4n) is 15.2. The smallest absolute Gasteiger partial charge is 0.338 e. The molecule has 2 unspecified atom stereocenters. The highest BCUT2D eigenvalue weighted by molar-refractivity contribution is 6.32. The van der Waals surface area contributed by atoms with Crippen molar-refractivity contribution in [1.82, 2.24) is 59.3 Å². The number of morpholine rings is 3. The van der Waals surface area contributed by atoms with Gasteiger partial charge in [-0.15, -0.1) is 0 Å². The van der Waals surface area contributed by atoms with Crippen molar-refractivity contribution in [2.24, 2.45) is 53.9 Å². The van der Waals surface area contributed by atoms with Gasteiger partial charge in [0.25, 0.3) is 0 Å². The van der Waals surface area contributed by atoms with Crippen molar-refractivity contribution in [2.45, 2.75) is 143 Å². The van der Waals surface area contributed by atoms with E-state index in [-0.39, 0.29) is 120 Å². The number of carboxylic acids is 3. The highest BCUT2D eigenvalue weighted by Crippen LogP contribution is 2.42. The molecule has 3 saturated heterocycles. The van der Waals surface area contributed by atoms with Crippen molar-refractivity contribution in [3.05, 3.63) is 192 Å². The molecule has 36 heteroatoms. The van der Waals surface area contributed by atoms with Crippen molar-refractivity contribution in [1.29, 1.82) is 0 Å². The van der Waals surface area contributed by atoms with E-state index in [0.29, 0.717) is 127 Å². The lowest BCUT2D eigenvalue weighted by atomic mass is 9.88. The molecule has 6 aliphatic heterocycles. The van der Waals surface area contributed by atoms with Gasteiger partial charge in [0.05, 0.1) is 86.5 Å². The molecule has 6 aliphatic rings. The maximum Gasteiger partial charge on any atom is 0.338 e. The number of benzene rings is 3. The van der Waals surface area contributed by atoms with Crippen LogP contribution in [0.1, 0.15) is 140 Å². The number of aromatic nitrogens is 6. The van der Waals surface area contributed by atoms with E-state index in [2.05, 4.69) is 45.6 Å². The van der Waals surface area contributed by atoms with Crippen LogP contribution in [0.15, 0.2) is 141 Å². The number of hydrogen-bond acceptors (Lipinski definition) is 24. The van der Waals surface area contributed by atoms with Gasteiger partial charge >= 0.3 is 35.8 Å². The summed E-state index contributed by atoms with van der Waals surface area (Å²) in [6.07, 6.45) is 10.7. The van der Waals surface area contributed by atoms with Crippen LogP contribution in [0.3, 0.4) is 0 Å². The van der Waals surface area contributed by atoms with Gasteiger partial charge in [-0.1, -0.05) is 80.7 Å². The molecule has 0 amide bonds. The van der Waals surface area contributed by atoms with E-state index in [1.54, 1.807) is 85.5 Å². The summed E-state index contributed by atoms with van der Waals surface area (Å²) in [7, 11) is 5.47. The second-order valence-electron chi connectivity index (χ2n) is 29.7. The third-order valence-corrected chi connectivity index (χ3v) is 22.2. The lowest BCUT2D eigenvalue weighted by molar-refractivity contribution is -0.144. The number of nitrogens with one attached hydrogen (secondary N) is 3. The van der Waals surface area contributed by atoms with Gasteiger partial charge in [-0.3, -0.25) is 44.1 Å². The van der Waals surface area contributed by atoms with E-state index < -0.39 is 83.2 Å². The molecule has 0 bridgehead atoms. The van der Waals surface area contributed by atoms with Gasteiger partial charge in [0.2, 0.25) is 0 Å². The van der Waals surface area contributed by atoms with Crippen LogP contribution in [0.5, 0.6) is 0 Å². The van der Waals surface area contributed by atoms with E-state index in [0.717, 1.165) is 0 Å². The summed E-state index contributed by atoms with van der Waals surface area (Å²) in [6, 6.07) is 8.60. The number of aryl methyl sites for hydroxylation is 3. The van der Waals surface area contributed by atoms with Crippen LogP contribution in [0.4, 0.5) is 13.2 Å². The Hall–Kier alpha value is -9.84. The zero-order chi connectivity index (χ0) is 85.5. The molecule has 636 valence electrons. The fourth-order valence-corrected chi connectivity index (χ4v) is 16.0. The lowest BCUT2D eigenvalue weighted by Gasteiger charge is -2.44. The van der Waals surface area contributed by atoms with Gasteiger partial charge in [0, 0.05) is 171 Å². The molecule has 6 aromatic rings. The summed E-state index contributed by atoms with van der Waals surface area (Å²) in [5.41, 5.74) is 3.64. The van der Waals surface area contributed by atoms with Gasteiger partial charge in [-0.25, -0.2) is 42.5 Å². The summed E-state index contributed by atoms with van der Waals surface area (Å²) in [6.45, 7) is 20.6. The van der Waals surface area contributed by atoms with Crippen molar-refractivity contribution in [3.63, 3.8) is 0 Å². The van der Waals surface area contributed by atoms with Gasteiger partial charge in [-0.2, -0.15) is 0 Å². The van der Waals surface area contributed by atoms with E-state index >= 15 is 0 Å². The molecule has 0 saturated carbocycles. The second kappa shape index (κ2) is 41.2. The molecular weight excluding hydrogens is 1600 g/mol. The van der Waals surface area contributed by atoms with Crippen molar-refractivity contribution in [2.75, 3.05) is 78.9 Å². The predicted molar refractivity (Wildman–Crippen MR) is 433 cm³/mol. The minimum atomic E-state index is -0.900. The number of aliphatic carboxylic acids is 3. The van der Waals surface area contributed by atoms with Crippen LogP contribution in [-0.4, -0.2) is 227 Å². The normalized spacial score (nSPS) is 22.4. The third kappa shape index (κ3) is 22.0. The number of imidazole rings is 3. The minimum absolute atomic E-state index is 0.0140. The third-order valence-electron chi connectivity index (χ3n) is 21.2. The van der Waals surface area contributed by atoms with E-state index in [4.69, 9.17) is 78.2 Å². The average Bonchev–Trinajstić information content (AvgIpc) is 1.19. The Labute approximate surface area is 697 Å². The lowest BCUT2D eigenvalue weighted by Crippen LogP contribution is -2.55. The number of amidine groups is 3. The Morgan fingerprint density at radius 3 is 1.13 bits per heavy atom. The summed E-state index contributed by atoms with van der Waals surface area (Å²) in [5.74, 6) is -4.13. The van der Waals surface area contributed by atoms with Crippen LogP contribution in [0.25, 0.3) is 0 Å². The SMILES string of the molecule is CCOC(=O)C1=C(CN2CCO[C@H](C(C)C)[C@H]2CC(C)C(=O)O)NC(c2nccn2C)=N[C@H]1c1ccc(F)cc1Cl.CCOC(=O)C1=C(CN2CCO[C@H](C)[C@H]2CC(C)C(=O)O)NC(c2nccn2C)=N[C@H]1c1ccc(F)cc1Cl.CCOC(=O)C1=C(CN2CCO[C@H](C)[C@H]2CCC(=O)O)NC(c2nccn2C)=N[C@H]1c1ccc(F)cc1Cl. The number of nitrogens with zero attached hydrogens (tertiary/aromatic N) is 12. The average molecular weight is 1700 g/mol. The molecule has 12 rings (SSSR count). The van der Waals surface area contributed by atoms with Crippen LogP contribution in [0, 0.1) is 35.2 Å². The molecule has 30 nitrogen and oxygen atoms in total. The van der Waals surface area contributed by atoms with Crippen molar-refractivity contribution >= 4 is 88.1 Å². The van der Waals surface area contributed by atoms with Crippen LogP contribution >= 0.6 is 34.8 Å². The van der Waals surface area contributed by atoms with Crippen LogP contribution < -0.4 is 16.0 Å². The Kier molecular flexibility index (Phi) is 31.6. The van der Waals surface area contributed by atoms with Crippen molar-refractivity contribution < 1.29 is 85.7 Å². The number of esters is 3. The highest BCUT2D eigenvalue weighted by atomic mass is 35.5. The molecule has 11 atom stereocenters. The second-order valence-corrected chi connectivity index (χ2v) is 30.9. The van der Waals surface area contributed by atoms with Crippen LogP contribution in [-0.2, 0) is 78.3 Å². The highest BCUT2D eigenvalue weighted by Gasteiger charge is 2.44. The van der Waals surface area contributed by atoms with Crippen molar-refractivity contribution in [3.8, 4) is 0 Å². The monoisotopic (exact) mass is 1700 g/mol. The quantitative estimate of drug-likeness (QED) is 0.0196. The Balaban J connectivity index is 0.000000187. The molecule has 9 heterocycles. The van der Waals surface area contributed by atoms with Gasteiger partial charge in [0.1, 0.15) is 35.6 Å². The first-order chi connectivity index (χ1) is 56.3. The Bertz CT molecular complexity index is 4830. The van der Waals surface area contributed by atoms with E-state index in [1.165, 1.54) is 54.6 Å². The van der Waals surface area contributed by atoms with E-state index in [1.807, 2.05) is 48.8 Å². The zero-order valence-corrected chi connectivity index (χ0v) is 70.0. The molecule has 3 aromatic heterocycles. The Morgan fingerprint density at radius 1 is 0.500 bits per heavy atom. The maximum atomic E-state index is 14.0.